The molecule has 2 aliphatic heterocycles. The summed E-state index contributed by atoms with van der Waals surface area (Å²) in [7, 11) is -3.48. The molecule has 0 unspecified atom stereocenters. The van der Waals surface area contributed by atoms with Crippen molar-refractivity contribution < 1.29 is 13.2 Å². The number of nitrogens with zero attached hydrogens (tertiary/aromatic N) is 3. The molecule has 0 spiro atoms. The lowest BCUT2D eigenvalue weighted by molar-refractivity contribution is -0.129. The van der Waals surface area contributed by atoms with Gasteiger partial charge in [-0.1, -0.05) is 17.7 Å². The molecule has 0 atom stereocenters. The van der Waals surface area contributed by atoms with Crippen molar-refractivity contribution in [1.29, 1.82) is 0 Å². The van der Waals surface area contributed by atoms with Gasteiger partial charge in [-0.15, -0.1) is 11.3 Å². The molecule has 4 rings (SSSR count). The molecular formula is C20H25N3O3S2. The zero-order valence-electron chi connectivity index (χ0n) is 16.2. The number of amides is 1. The quantitative estimate of drug-likeness (QED) is 0.767. The molecule has 1 aromatic heterocycles. The third-order valence-electron chi connectivity index (χ3n) is 5.52. The molecule has 3 heterocycles. The minimum Gasteiger partial charge on any atom is -0.369 e. The maximum Gasteiger partial charge on any atom is 0.252 e. The molecule has 0 saturated carbocycles. The van der Waals surface area contributed by atoms with Crippen molar-refractivity contribution in [2.45, 2.75) is 31.0 Å². The Morgan fingerprint density at radius 1 is 1.04 bits per heavy atom. The van der Waals surface area contributed by atoms with Crippen molar-refractivity contribution >= 4 is 33.0 Å². The van der Waals surface area contributed by atoms with Gasteiger partial charge in [-0.3, -0.25) is 4.79 Å². The van der Waals surface area contributed by atoms with Crippen LogP contribution in [0.3, 0.4) is 0 Å². The average Bonchev–Trinajstić information content (AvgIpc) is 3.13. The summed E-state index contributed by atoms with van der Waals surface area (Å²) in [5, 5.41) is 0. The molecule has 1 saturated heterocycles. The Bertz CT molecular complexity index is 975. The Labute approximate surface area is 170 Å². The van der Waals surface area contributed by atoms with E-state index in [9.17, 15) is 13.2 Å². The first-order valence-corrected chi connectivity index (χ1v) is 11.8. The van der Waals surface area contributed by atoms with Crippen LogP contribution in [0, 0.1) is 6.92 Å². The van der Waals surface area contributed by atoms with Crippen LogP contribution in [0.4, 0.5) is 5.69 Å². The number of aryl methyl sites for hydroxylation is 1. The number of fused-ring (bicyclic) bond motifs is 1. The Morgan fingerprint density at radius 2 is 1.71 bits per heavy atom. The van der Waals surface area contributed by atoms with Crippen LogP contribution in [0.15, 0.2) is 34.5 Å². The molecule has 2 aromatic rings. The van der Waals surface area contributed by atoms with Crippen LogP contribution in [0.1, 0.15) is 22.9 Å². The summed E-state index contributed by atoms with van der Waals surface area (Å²) in [4.78, 5) is 16.7. The van der Waals surface area contributed by atoms with Gasteiger partial charge in [0.25, 0.3) is 10.0 Å². The first-order chi connectivity index (χ1) is 13.3. The molecule has 0 N–H and O–H groups in total. The lowest BCUT2D eigenvalue weighted by Gasteiger charge is -2.35. The number of thiophene rings is 1. The molecule has 8 heteroatoms. The van der Waals surface area contributed by atoms with Gasteiger partial charge in [0.1, 0.15) is 4.21 Å². The van der Waals surface area contributed by atoms with Crippen molar-refractivity contribution in [3.8, 4) is 0 Å². The summed E-state index contributed by atoms with van der Waals surface area (Å²) in [5.74, 6) is 0.0356. The van der Waals surface area contributed by atoms with Gasteiger partial charge in [0.2, 0.25) is 5.91 Å². The second kappa shape index (κ2) is 7.50. The number of rotatable bonds is 3. The summed E-state index contributed by atoms with van der Waals surface area (Å²) in [6.07, 6.45) is 0.732. The minimum absolute atomic E-state index is 0.0356. The van der Waals surface area contributed by atoms with Crippen LogP contribution >= 0.6 is 11.3 Å². The summed E-state index contributed by atoms with van der Waals surface area (Å²) >= 11 is 1.37. The van der Waals surface area contributed by atoms with Crippen molar-refractivity contribution in [3.05, 3.63) is 46.3 Å². The van der Waals surface area contributed by atoms with Crippen LogP contribution in [0.2, 0.25) is 0 Å². The van der Waals surface area contributed by atoms with E-state index in [-0.39, 0.29) is 5.91 Å². The second-order valence-corrected chi connectivity index (χ2v) is 10.7. The standard InChI is InChI=1S/C20H25N3O3S2/c1-15-3-5-18(6-4-15)21-9-11-23(12-10-21)28(25,26)20-13-17-14-22(16(2)24)8-7-19(17)27-20/h3-6,13H,7-12,14H2,1-2H3. The predicted octanol–water partition coefficient (Wildman–Crippen LogP) is 2.47. The van der Waals surface area contributed by atoms with Gasteiger partial charge in [0, 0.05) is 56.8 Å². The van der Waals surface area contributed by atoms with Gasteiger partial charge in [0.05, 0.1) is 0 Å². The number of anilines is 1. The van der Waals surface area contributed by atoms with Crippen LogP contribution < -0.4 is 4.90 Å². The van der Waals surface area contributed by atoms with E-state index in [0.717, 1.165) is 22.5 Å². The normalized spacial score (nSPS) is 18.2. The predicted molar refractivity (Wildman–Crippen MR) is 111 cm³/mol. The van der Waals surface area contributed by atoms with Gasteiger partial charge in [0.15, 0.2) is 0 Å². The third-order valence-corrected chi connectivity index (χ3v) is 9.11. The zero-order valence-corrected chi connectivity index (χ0v) is 17.9. The van der Waals surface area contributed by atoms with Crippen LogP contribution in [-0.4, -0.2) is 56.3 Å². The highest BCUT2D eigenvalue weighted by molar-refractivity contribution is 7.91. The molecule has 0 radical (unpaired) electrons. The van der Waals surface area contributed by atoms with E-state index in [1.165, 1.54) is 16.9 Å². The van der Waals surface area contributed by atoms with Gasteiger partial charge in [-0.05, 0) is 37.1 Å². The fourth-order valence-electron chi connectivity index (χ4n) is 3.77. The molecule has 1 amide bonds. The largest absolute Gasteiger partial charge is 0.369 e. The number of hydrogen-bond acceptors (Lipinski definition) is 5. The molecule has 6 nitrogen and oxygen atoms in total. The number of carbonyl (C=O) groups is 1. The molecular weight excluding hydrogens is 394 g/mol. The van der Waals surface area contributed by atoms with Crippen molar-refractivity contribution in [2.24, 2.45) is 0 Å². The Kier molecular flexibility index (Phi) is 5.20. The van der Waals surface area contributed by atoms with E-state index in [1.807, 2.05) is 0 Å². The number of carbonyl (C=O) groups excluding carboxylic acids is 1. The summed E-state index contributed by atoms with van der Waals surface area (Å²) < 4.78 is 28.3. The molecule has 0 bridgehead atoms. The Morgan fingerprint density at radius 3 is 2.36 bits per heavy atom. The van der Waals surface area contributed by atoms with Crippen molar-refractivity contribution in [1.82, 2.24) is 9.21 Å². The van der Waals surface area contributed by atoms with E-state index in [1.54, 1.807) is 22.2 Å². The Hall–Kier alpha value is -1.90. The minimum atomic E-state index is -3.48. The number of hydrogen-bond donors (Lipinski definition) is 0. The molecule has 150 valence electrons. The zero-order chi connectivity index (χ0) is 19.9. The van der Waals surface area contributed by atoms with E-state index < -0.39 is 10.0 Å². The van der Waals surface area contributed by atoms with Crippen molar-refractivity contribution in [3.63, 3.8) is 0 Å². The Balaban J connectivity index is 1.46. The number of sulfonamides is 1. The van der Waals surface area contributed by atoms with Crippen molar-refractivity contribution in [2.75, 3.05) is 37.6 Å². The van der Waals surface area contributed by atoms with Gasteiger partial charge < -0.3 is 9.80 Å². The van der Waals surface area contributed by atoms with Gasteiger partial charge in [-0.25, -0.2) is 8.42 Å². The fourth-order valence-corrected chi connectivity index (χ4v) is 6.89. The third kappa shape index (κ3) is 3.68. The highest BCUT2D eigenvalue weighted by atomic mass is 32.2. The molecule has 0 aliphatic carbocycles. The second-order valence-electron chi connectivity index (χ2n) is 7.43. The van der Waals surface area contributed by atoms with E-state index in [4.69, 9.17) is 0 Å². The smallest absolute Gasteiger partial charge is 0.252 e. The van der Waals surface area contributed by atoms with Crippen LogP contribution in [0.25, 0.3) is 0 Å². The highest BCUT2D eigenvalue weighted by Crippen LogP contribution is 2.33. The van der Waals surface area contributed by atoms with E-state index in [2.05, 4.69) is 36.1 Å². The maximum atomic E-state index is 13.1. The monoisotopic (exact) mass is 419 g/mol. The lowest BCUT2D eigenvalue weighted by Crippen LogP contribution is -2.48. The van der Waals surface area contributed by atoms with E-state index in [0.29, 0.717) is 43.5 Å². The summed E-state index contributed by atoms with van der Waals surface area (Å²) in [5.41, 5.74) is 3.33. The van der Waals surface area contributed by atoms with E-state index >= 15 is 0 Å². The van der Waals surface area contributed by atoms with Crippen LogP contribution in [0.5, 0.6) is 0 Å². The molecule has 1 aromatic carbocycles. The lowest BCUT2D eigenvalue weighted by atomic mass is 10.1. The van der Waals surface area contributed by atoms with Gasteiger partial charge >= 0.3 is 0 Å². The molecule has 1 fully saturated rings. The number of benzene rings is 1. The fraction of sp³-hybridized carbons (Fsp3) is 0.450. The maximum absolute atomic E-state index is 13.1. The highest BCUT2D eigenvalue weighted by Gasteiger charge is 2.32. The number of piperazine rings is 1. The first-order valence-electron chi connectivity index (χ1n) is 9.53. The summed E-state index contributed by atoms with van der Waals surface area (Å²) in [6, 6.07) is 10.1. The molecule has 2 aliphatic rings. The summed E-state index contributed by atoms with van der Waals surface area (Å²) in [6.45, 7) is 7.14. The average molecular weight is 420 g/mol. The van der Waals surface area contributed by atoms with Gasteiger partial charge in [-0.2, -0.15) is 4.31 Å². The topological polar surface area (TPSA) is 60.9 Å². The van der Waals surface area contributed by atoms with Crippen LogP contribution in [-0.2, 0) is 27.8 Å². The first kappa shape index (κ1) is 19.4. The molecule has 28 heavy (non-hydrogen) atoms. The SMILES string of the molecule is CC(=O)N1CCc2sc(S(=O)(=O)N3CCN(c4ccc(C)cc4)CC3)cc2C1.